The van der Waals surface area contributed by atoms with Crippen molar-refractivity contribution >= 4 is 23.2 Å². The van der Waals surface area contributed by atoms with Crippen molar-refractivity contribution in [1.29, 1.82) is 0 Å². The zero-order valence-electron chi connectivity index (χ0n) is 12.1. The lowest BCUT2D eigenvalue weighted by atomic mass is 9.96. The van der Waals surface area contributed by atoms with Crippen molar-refractivity contribution in [3.8, 4) is 0 Å². The molecule has 0 saturated carbocycles. The molecule has 0 aliphatic heterocycles. The summed E-state index contributed by atoms with van der Waals surface area (Å²) in [7, 11) is 0. The summed E-state index contributed by atoms with van der Waals surface area (Å²) in [6, 6.07) is 10.7. The van der Waals surface area contributed by atoms with Crippen LogP contribution in [0.3, 0.4) is 0 Å². The maximum atomic E-state index is 14.4. The third-order valence-corrected chi connectivity index (χ3v) is 4.08. The van der Waals surface area contributed by atoms with E-state index in [1.54, 1.807) is 25.1 Å². The average molecular weight is 326 g/mol. The van der Waals surface area contributed by atoms with Gasteiger partial charge in [-0.25, -0.2) is 4.39 Å². The molecule has 0 saturated heterocycles. The van der Waals surface area contributed by atoms with Gasteiger partial charge in [-0.05, 0) is 49.2 Å². The molecule has 2 aromatic rings. The van der Waals surface area contributed by atoms with Crippen LogP contribution in [0.15, 0.2) is 36.4 Å². The second-order valence-corrected chi connectivity index (χ2v) is 5.87. The van der Waals surface area contributed by atoms with Crippen LogP contribution < -0.4 is 5.32 Å². The van der Waals surface area contributed by atoms with Gasteiger partial charge >= 0.3 is 0 Å². The summed E-state index contributed by atoms with van der Waals surface area (Å²) >= 11 is 12.2. The topological polar surface area (TPSA) is 12.0 Å². The molecule has 1 N–H and O–H groups in total. The van der Waals surface area contributed by atoms with Crippen LogP contribution >= 0.6 is 23.2 Å². The molecule has 1 nitrogen and oxygen atoms in total. The Bertz CT molecular complexity index is 628. The molecule has 0 aromatic heterocycles. The number of likely N-dealkylation sites (N-methyl/N-ethyl adjacent to an activating group) is 1. The van der Waals surface area contributed by atoms with E-state index < -0.39 is 0 Å². The first-order valence-corrected chi connectivity index (χ1v) is 7.70. The molecule has 1 atom stereocenters. The Labute approximate surface area is 135 Å². The van der Waals surface area contributed by atoms with E-state index in [9.17, 15) is 4.39 Å². The zero-order valence-corrected chi connectivity index (χ0v) is 13.6. The molecular formula is C17H18Cl2FN. The van der Waals surface area contributed by atoms with Gasteiger partial charge in [0.15, 0.2) is 0 Å². The SMILES string of the molecule is CCNC(Cc1cc(Cl)ccc1Cl)c1cccc(C)c1F. The van der Waals surface area contributed by atoms with Crippen LogP contribution in [0, 0.1) is 12.7 Å². The van der Waals surface area contributed by atoms with E-state index in [-0.39, 0.29) is 11.9 Å². The number of nitrogens with one attached hydrogen (secondary N) is 1. The van der Waals surface area contributed by atoms with Crippen molar-refractivity contribution < 1.29 is 4.39 Å². The maximum Gasteiger partial charge on any atom is 0.130 e. The summed E-state index contributed by atoms with van der Waals surface area (Å²) in [5.41, 5.74) is 2.22. The van der Waals surface area contributed by atoms with E-state index in [2.05, 4.69) is 5.32 Å². The van der Waals surface area contributed by atoms with Crippen molar-refractivity contribution in [2.45, 2.75) is 26.3 Å². The molecular weight excluding hydrogens is 308 g/mol. The first kappa shape index (κ1) is 16.3. The molecule has 0 heterocycles. The molecule has 0 bridgehead atoms. The summed E-state index contributed by atoms with van der Waals surface area (Å²) in [5, 5.41) is 4.60. The molecule has 0 aliphatic rings. The molecule has 4 heteroatoms. The number of benzene rings is 2. The minimum absolute atomic E-state index is 0.133. The minimum Gasteiger partial charge on any atom is -0.310 e. The van der Waals surface area contributed by atoms with E-state index in [0.29, 0.717) is 27.6 Å². The average Bonchev–Trinajstić information content (AvgIpc) is 2.45. The molecule has 2 rings (SSSR count). The predicted octanol–water partition coefficient (Wildman–Crippen LogP) is 5.33. The second-order valence-electron chi connectivity index (χ2n) is 5.03. The van der Waals surface area contributed by atoms with Crippen LogP contribution in [0.2, 0.25) is 10.0 Å². The molecule has 21 heavy (non-hydrogen) atoms. The van der Waals surface area contributed by atoms with E-state index in [1.165, 1.54) is 0 Å². The quantitative estimate of drug-likeness (QED) is 0.782. The first-order valence-electron chi connectivity index (χ1n) is 6.95. The van der Waals surface area contributed by atoms with Gasteiger partial charge in [-0.3, -0.25) is 0 Å². The van der Waals surface area contributed by atoms with Crippen LogP contribution in [0.1, 0.15) is 29.7 Å². The Hall–Kier alpha value is -1.09. The Morgan fingerprint density at radius 3 is 2.67 bits per heavy atom. The number of halogens is 3. The van der Waals surface area contributed by atoms with Gasteiger partial charge in [0.25, 0.3) is 0 Å². The summed E-state index contributed by atoms with van der Waals surface area (Å²) in [6.45, 7) is 4.52. The number of aryl methyl sites for hydroxylation is 1. The van der Waals surface area contributed by atoms with Crippen molar-refractivity contribution in [3.63, 3.8) is 0 Å². The van der Waals surface area contributed by atoms with E-state index in [1.807, 2.05) is 25.1 Å². The molecule has 0 spiro atoms. The molecule has 0 radical (unpaired) electrons. The van der Waals surface area contributed by atoms with Crippen LogP contribution in [0.4, 0.5) is 4.39 Å². The van der Waals surface area contributed by atoms with Gasteiger partial charge < -0.3 is 5.32 Å². The van der Waals surface area contributed by atoms with Gasteiger partial charge in [-0.15, -0.1) is 0 Å². The Morgan fingerprint density at radius 1 is 1.19 bits per heavy atom. The van der Waals surface area contributed by atoms with E-state index >= 15 is 0 Å². The van der Waals surface area contributed by atoms with Gasteiger partial charge in [-0.2, -0.15) is 0 Å². The highest BCUT2D eigenvalue weighted by Gasteiger charge is 2.18. The fourth-order valence-corrected chi connectivity index (χ4v) is 2.79. The summed E-state index contributed by atoms with van der Waals surface area (Å²) in [5.74, 6) is -0.165. The van der Waals surface area contributed by atoms with Crippen molar-refractivity contribution in [1.82, 2.24) is 5.32 Å². The summed E-state index contributed by atoms with van der Waals surface area (Å²) in [4.78, 5) is 0. The fourth-order valence-electron chi connectivity index (χ4n) is 2.40. The van der Waals surface area contributed by atoms with Gasteiger partial charge in [0, 0.05) is 21.7 Å². The first-order chi connectivity index (χ1) is 10.0. The molecule has 0 fully saturated rings. The smallest absolute Gasteiger partial charge is 0.130 e. The summed E-state index contributed by atoms with van der Waals surface area (Å²) < 4.78 is 14.4. The molecule has 0 aliphatic carbocycles. The van der Waals surface area contributed by atoms with Crippen LogP contribution in [0.5, 0.6) is 0 Å². The van der Waals surface area contributed by atoms with Gasteiger partial charge in [-0.1, -0.05) is 48.3 Å². The van der Waals surface area contributed by atoms with Crippen molar-refractivity contribution in [3.05, 3.63) is 69.0 Å². The van der Waals surface area contributed by atoms with Gasteiger partial charge in [0.1, 0.15) is 5.82 Å². The highest BCUT2D eigenvalue weighted by Crippen LogP contribution is 2.28. The highest BCUT2D eigenvalue weighted by atomic mass is 35.5. The Kier molecular flexibility index (Phi) is 5.63. The van der Waals surface area contributed by atoms with E-state index in [0.717, 1.165) is 12.1 Å². The van der Waals surface area contributed by atoms with Gasteiger partial charge in [0.05, 0.1) is 0 Å². The number of hydrogen-bond donors (Lipinski definition) is 1. The Morgan fingerprint density at radius 2 is 1.95 bits per heavy atom. The van der Waals surface area contributed by atoms with Crippen LogP contribution in [-0.2, 0) is 6.42 Å². The standard InChI is InChI=1S/C17H18Cl2FN/c1-3-21-16(14-6-4-5-11(2)17(14)20)10-12-9-13(18)7-8-15(12)19/h4-9,16,21H,3,10H2,1-2H3. The fraction of sp³-hybridized carbons (Fsp3) is 0.294. The molecule has 112 valence electrons. The lowest BCUT2D eigenvalue weighted by Gasteiger charge is -2.20. The Balaban J connectivity index is 2.35. The van der Waals surface area contributed by atoms with Crippen LogP contribution in [-0.4, -0.2) is 6.54 Å². The second kappa shape index (κ2) is 7.26. The van der Waals surface area contributed by atoms with Crippen molar-refractivity contribution in [2.75, 3.05) is 6.54 Å². The molecule has 2 aromatic carbocycles. The van der Waals surface area contributed by atoms with E-state index in [4.69, 9.17) is 23.2 Å². The molecule has 0 amide bonds. The number of hydrogen-bond acceptors (Lipinski definition) is 1. The number of rotatable bonds is 5. The zero-order chi connectivity index (χ0) is 15.4. The lowest BCUT2D eigenvalue weighted by Crippen LogP contribution is -2.24. The monoisotopic (exact) mass is 325 g/mol. The summed E-state index contributed by atoms with van der Waals surface area (Å²) in [6.07, 6.45) is 0.591. The highest BCUT2D eigenvalue weighted by molar-refractivity contribution is 6.33. The largest absolute Gasteiger partial charge is 0.310 e. The van der Waals surface area contributed by atoms with Gasteiger partial charge in [0.2, 0.25) is 0 Å². The molecule has 1 unspecified atom stereocenters. The third kappa shape index (κ3) is 3.97. The predicted molar refractivity (Wildman–Crippen MR) is 87.7 cm³/mol. The van der Waals surface area contributed by atoms with Crippen molar-refractivity contribution in [2.24, 2.45) is 0 Å². The normalized spacial score (nSPS) is 12.4. The third-order valence-electron chi connectivity index (χ3n) is 3.48. The van der Waals surface area contributed by atoms with Crippen LogP contribution in [0.25, 0.3) is 0 Å². The maximum absolute atomic E-state index is 14.4. The minimum atomic E-state index is -0.165. The lowest BCUT2D eigenvalue weighted by molar-refractivity contribution is 0.507.